The lowest BCUT2D eigenvalue weighted by Gasteiger charge is -2.06. The number of nitro benzene ring substituents is 1. The number of hydrogen-bond donors (Lipinski definition) is 1. The van der Waals surface area contributed by atoms with E-state index in [9.17, 15) is 14.9 Å². The van der Waals surface area contributed by atoms with E-state index in [1.165, 1.54) is 18.2 Å². The lowest BCUT2D eigenvalue weighted by atomic mass is 10.2. The Morgan fingerprint density at radius 1 is 1.30 bits per heavy atom. The SMILES string of the molecule is O=C(Nc1[c]ccc([N+](=O)[O-])c1)OCc1ccccc1. The highest BCUT2D eigenvalue weighted by molar-refractivity contribution is 5.84. The van der Waals surface area contributed by atoms with Crippen molar-refractivity contribution in [2.45, 2.75) is 6.61 Å². The zero-order chi connectivity index (χ0) is 14.4. The van der Waals surface area contributed by atoms with Crippen LogP contribution in [0.25, 0.3) is 0 Å². The first-order valence-electron chi connectivity index (χ1n) is 5.79. The van der Waals surface area contributed by atoms with Crippen LogP contribution in [0.2, 0.25) is 0 Å². The van der Waals surface area contributed by atoms with Crippen LogP contribution in [0.4, 0.5) is 16.2 Å². The molecule has 0 spiro atoms. The second-order valence-electron chi connectivity index (χ2n) is 3.90. The number of anilines is 1. The molecule has 1 N–H and O–H groups in total. The quantitative estimate of drug-likeness (QED) is 0.684. The molecule has 101 valence electrons. The molecule has 20 heavy (non-hydrogen) atoms. The van der Waals surface area contributed by atoms with Crippen molar-refractivity contribution in [1.82, 2.24) is 0 Å². The van der Waals surface area contributed by atoms with Gasteiger partial charge in [-0.2, -0.15) is 0 Å². The number of carbonyl (C=O) groups is 1. The van der Waals surface area contributed by atoms with Crippen LogP contribution in [-0.4, -0.2) is 11.0 Å². The van der Waals surface area contributed by atoms with Gasteiger partial charge in [-0.25, -0.2) is 4.79 Å². The second kappa shape index (κ2) is 6.33. The summed E-state index contributed by atoms with van der Waals surface area (Å²) < 4.78 is 4.99. The maximum Gasteiger partial charge on any atom is 0.411 e. The van der Waals surface area contributed by atoms with Crippen molar-refractivity contribution >= 4 is 17.5 Å². The van der Waals surface area contributed by atoms with E-state index in [2.05, 4.69) is 11.4 Å². The Kier molecular flexibility index (Phi) is 4.28. The van der Waals surface area contributed by atoms with Crippen molar-refractivity contribution in [3.8, 4) is 0 Å². The number of nitrogens with zero attached hydrogens (tertiary/aromatic N) is 1. The number of nitro groups is 1. The predicted octanol–water partition coefficient (Wildman–Crippen LogP) is 3.14. The van der Waals surface area contributed by atoms with Gasteiger partial charge in [0.25, 0.3) is 5.69 Å². The van der Waals surface area contributed by atoms with Crippen LogP contribution in [-0.2, 0) is 11.3 Å². The Balaban J connectivity index is 1.91. The third kappa shape index (κ3) is 3.81. The van der Waals surface area contributed by atoms with Crippen LogP contribution >= 0.6 is 0 Å². The molecule has 0 fully saturated rings. The van der Waals surface area contributed by atoms with Crippen LogP contribution in [0.1, 0.15) is 5.56 Å². The van der Waals surface area contributed by atoms with E-state index >= 15 is 0 Å². The first-order valence-corrected chi connectivity index (χ1v) is 5.79. The molecule has 2 aromatic rings. The summed E-state index contributed by atoms with van der Waals surface area (Å²) in [6, 6.07) is 15.7. The number of carbonyl (C=O) groups excluding carboxylic acids is 1. The second-order valence-corrected chi connectivity index (χ2v) is 3.90. The molecule has 0 unspecified atom stereocenters. The summed E-state index contributed by atoms with van der Waals surface area (Å²) >= 11 is 0. The normalized spacial score (nSPS) is 9.80. The third-order valence-corrected chi connectivity index (χ3v) is 2.45. The van der Waals surface area contributed by atoms with Crippen molar-refractivity contribution in [2.75, 3.05) is 5.32 Å². The summed E-state index contributed by atoms with van der Waals surface area (Å²) in [6.45, 7) is 0.127. The van der Waals surface area contributed by atoms with Gasteiger partial charge in [-0.15, -0.1) is 0 Å². The Morgan fingerprint density at radius 2 is 2.05 bits per heavy atom. The summed E-state index contributed by atoms with van der Waals surface area (Å²) in [5.41, 5.74) is 0.921. The van der Waals surface area contributed by atoms with Gasteiger partial charge in [-0.1, -0.05) is 30.3 Å². The van der Waals surface area contributed by atoms with Crippen molar-refractivity contribution < 1.29 is 14.5 Å². The van der Waals surface area contributed by atoms with Crippen LogP contribution in [0.15, 0.2) is 48.5 Å². The first-order chi connectivity index (χ1) is 9.65. The highest BCUT2D eigenvalue weighted by Gasteiger charge is 2.09. The van der Waals surface area contributed by atoms with Gasteiger partial charge in [-0.05, 0) is 11.6 Å². The van der Waals surface area contributed by atoms with Gasteiger partial charge in [0, 0.05) is 18.2 Å². The molecule has 0 saturated carbocycles. The number of hydrogen-bond acceptors (Lipinski definition) is 4. The van der Waals surface area contributed by atoms with E-state index in [4.69, 9.17) is 4.74 Å². The monoisotopic (exact) mass is 271 g/mol. The fraction of sp³-hybridized carbons (Fsp3) is 0.0714. The van der Waals surface area contributed by atoms with Crippen molar-refractivity contribution in [3.05, 3.63) is 70.3 Å². The van der Waals surface area contributed by atoms with Crippen molar-refractivity contribution in [2.24, 2.45) is 0 Å². The number of non-ortho nitro benzene ring substituents is 1. The third-order valence-electron chi connectivity index (χ3n) is 2.45. The summed E-state index contributed by atoms with van der Waals surface area (Å²) in [6.07, 6.45) is -0.689. The molecule has 1 amide bonds. The molecule has 0 aliphatic heterocycles. The van der Waals surface area contributed by atoms with E-state index in [1.807, 2.05) is 30.3 Å². The summed E-state index contributed by atoms with van der Waals surface area (Å²) in [4.78, 5) is 21.6. The predicted molar refractivity (Wildman–Crippen MR) is 72.2 cm³/mol. The fourth-order valence-corrected chi connectivity index (χ4v) is 1.51. The van der Waals surface area contributed by atoms with E-state index in [0.29, 0.717) is 0 Å². The Hall–Kier alpha value is -2.89. The summed E-state index contributed by atoms with van der Waals surface area (Å²) in [5.74, 6) is 0. The minimum Gasteiger partial charge on any atom is -0.444 e. The number of nitrogens with one attached hydrogen (secondary N) is 1. The molecule has 0 aliphatic carbocycles. The molecule has 0 aliphatic rings. The van der Waals surface area contributed by atoms with Gasteiger partial charge in [-0.3, -0.25) is 15.4 Å². The standard InChI is InChI=1S/C14H11N2O4/c17-14(20-10-11-5-2-1-3-6-11)15-12-7-4-8-13(9-12)16(18)19/h1-6,8-9H,10H2,(H,15,17). The van der Waals surface area contributed by atoms with Crippen LogP contribution in [0, 0.1) is 16.2 Å². The molecule has 0 aromatic heterocycles. The van der Waals surface area contributed by atoms with E-state index < -0.39 is 11.0 Å². The van der Waals surface area contributed by atoms with Gasteiger partial charge in [0.1, 0.15) is 6.61 Å². The number of benzene rings is 2. The van der Waals surface area contributed by atoms with Crippen LogP contribution < -0.4 is 5.32 Å². The highest BCUT2D eigenvalue weighted by Crippen LogP contribution is 2.16. The van der Waals surface area contributed by atoms with Gasteiger partial charge < -0.3 is 4.74 Å². The lowest BCUT2D eigenvalue weighted by Crippen LogP contribution is -2.13. The van der Waals surface area contributed by atoms with E-state index in [1.54, 1.807) is 0 Å². The molecule has 1 radical (unpaired) electrons. The van der Waals surface area contributed by atoms with Crippen molar-refractivity contribution in [3.63, 3.8) is 0 Å². The molecular formula is C14H11N2O4. The number of ether oxygens (including phenoxy) is 1. The first kappa shape index (κ1) is 13.5. The maximum absolute atomic E-state index is 11.5. The molecule has 0 atom stereocenters. The molecule has 2 aromatic carbocycles. The van der Waals surface area contributed by atoms with Gasteiger partial charge in [0.2, 0.25) is 0 Å². The summed E-state index contributed by atoms with van der Waals surface area (Å²) in [5, 5.41) is 13.0. The molecule has 6 nitrogen and oxygen atoms in total. The Morgan fingerprint density at radius 3 is 2.75 bits per heavy atom. The molecule has 6 heteroatoms. The summed E-state index contributed by atoms with van der Waals surface area (Å²) in [7, 11) is 0. The molecule has 0 heterocycles. The van der Waals surface area contributed by atoms with E-state index in [0.717, 1.165) is 5.56 Å². The Labute approximate surface area is 115 Å². The highest BCUT2D eigenvalue weighted by atomic mass is 16.6. The van der Waals surface area contributed by atoms with Crippen LogP contribution in [0.3, 0.4) is 0 Å². The number of amides is 1. The van der Waals surface area contributed by atoms with Gasteiger partial charge in [0.15, 0.2) is 0 Å². The lowest BCUT2D eigenvalue weighted by molar-refractivity contribution is -0.384. The minimum absolute atomic E-state index is 0.123. The van der Waals surface area contributed by atoms with Gasteiger partial charge >= 0.3 is 6.09 Å². The molecule has 0 saturated heterocycles. The average Bonchev–Trinajstić information content (AvgIpc) is 2.46. The Bertz CT molecular complexity index is 614. The smallest absolute Gasteiger partial charge is 0.411 e. The molecular weight excluding hydrogens is 260 g/mol. The average molecular weight is 271 g/mol. The van der Waals surface area contributed by atoms with Crippen LogP contribution in [0.5, 0.6) is 0 Å². The molecule has 2 rings (SSSR count). The maximum atomic E-state index is 11.5. The fourth-order valence-electron chi connectivity index (χ4n) is 1.51. The largest absolute Gasteiger partial charge is 0.444 e. The topological polar surface area (TPSA) is 81.5 Å². The molecule has 0 bridgehead atoms. The zero-order valence-electron chi connectivity index (χ0n) is 10.4. The zero-order valence-corrected chi connectivity index (χ0v) is 10.4. The van der Waals surface area contributed by atoms with Gasteiger partial charge in [0.05, 0.1) is 10.6 Å². The number of rotatable bonds is 4. The minimum atomic E-state index is -0.689. The van der Waals surface area contributed by atoms with E-state index in [-0.39, 0.29) is 18.0 Å². The van der Waals surface area contributed by atoms with Crippen molar-refractivity contribution in [1.29, 1.82) is 0 Å².